The van der Waals surface area contributed by atoms with Crippen LogP contribution in [0.4, 0.5) is 5.00 Å². The normalized spacial score (nSPS) is 13.4. The number of carbonyl (C=O) groups is 2. The van der Waals surface area contributed by atoms with E-state index in [4.69, 9.17) is 14.2 Å². The SMILES string of the molecule is CCOc1ccccc1OCC(=O)Nc1sc(-c2ccccc2)c(C)c1C(=O)N1CCOCC1. The van der Waals surface area contributed by atoms with Gasteiger partial charge in [-0.15, -0.1) is 11.3 Å². The van der Waals surface area contributed by atoms with Crippen molar-refractivity contribution in [3.63, 3.8) is 0 Å². The topological polar surface area (TPSA) is 77.1 Å². The number of carbonyl (C=O) groups excluding carboxylic acids is 2. The number of morpholine rings is 1. The van der Waals surface area contributed by atoms with Gasteiger partial charge < -0.3 is 24.4 Å². The summed E-state index contributed by atoms with van der Waals surface area (Å²) in [4.78, 5) is 29.0. The Bertz CT molecular complexity index is 1140. The van der Waals surface area contributed by atoms with Gasteiger partial charge in [-0.1, -0.05) is 42.5 Å². The van der Waals surface area contributed by atoms with Crippen molar-refractivity contribution in [1.29, 1.82) is 0 Å². The van der Waals surface area contributed by atoms with E-state index < -0.39 is 0 Å². The third kappa shape index (κ3) is 5.40. The van der Waals surface area contributed by atoms with Crippen molar-refractivity contribution < 1.29 is 23.8 Å². The summed E-state index contributed by atoms with van der Waals surface area (Å²) in [5.41, 5.74) is 2.38. The smallest absolute Gasteiger partial charge is 0.262 e. The summed E-state index contributed by atoms with van der Waals surface area (Å²) >= 11 is 1.40. The van der Waals surface area contributed by atoms with E-state index in [1.165, 1.54) is 11.3 Å². The molecular weight excluding hydrogens is 452 g/mol. The fourth-order valence-corrected chi connectivity index (χ4v) is 5.02. The maximum Gasteiger partial charge on any atom is 0.262 e. The Balaban J connectivity index is 1.57. The van der Waals surface area contributed by atoms with E-state index in [0.717, 1.165) is 16.0 Å². The summed E-state index contributed by atoms with van der Waals surface area (Å²) in [5, 5.41) is 3.45. The molecule has 1 fully saturated rings. The molecule has 0 spiro atoms. The third-order valence-electron chi connectivity index (χ3n) is 5.46. The van der Waals surface area contributed by atoms with Gasteiger partial charge in [-0.25, -0.2) is 0 Å². The number of nitrogens with zero attached hydrogens (tertiary/aromatic N) is 1. The van der Waals surface area contributed by atoms with E-state index in [1.807, 2.05) is 56.3 Å². The van der Waals surface area contributed by atoms with E-state index in [2.05, 4.69) is 5.32 Å². The fraction of sp³-hybridized carbons (Fsp3) is 0.308. The fourth-order valence-electron chi connectivity index (χ4n) is 3.80. The molecule has 0 aliphatic carbocycles. The second-order valence-electron chi connectivity index (χ2n) is 7.75. The van der Waals surface area contributed by atoms with Gasteiger partial charge in [-0.3, -0.25) is 9.59 Å². The van der Waals surface area contributed by atoms with E-state index >= 15 is 0 Å². The highest BCUT2D eigenvalue weighted by Crippen LogP contribution is 2.40. The number of para-hydroxylation sites is 2. The first-order chi connectivity index (χ1) is 16.6. The van der Waals surface area contributed by atoms with E-state index in [9.17, 15) is 9.59 Å². The number of thiophene rings is 1. The van der Waals surface area contributed by atoms with Crippen LogP contribution in [0.2, 0.25) is 0 Å². The van der Waals surface area contributed by atoms with Crippen LogP contribution in [0.25, 0.3) is 10.4 Å². The summed E-state index contributed by atoms with van der Waals surface area (Å²) in [6.45, 7) is 6.18. The van der Waals surface area contributed by atoms with Crippen LogP contribution in [0.1, 0.15) is 22.8 Å². The van der Waals surface area contributed by atoms with Gasteiger partial charge in [0.25, 0.3) is 11.8 Å². The summed E-state index contributed by atoms with van der Waals surface area (Å²) in [7, 11) is 0. The second-order valence-corrected chi connectivity index (χ2v) is 8.77. The molecule has 0 unspecified atom stereocenters. The summed E-state index contributed by atoms with van der Waals surface area (Å²) in [5.74, 6) is 0.635. The number of amides is 2. The lowest BCUT2D eigenvalue weighted by atomic mass is 10.1. The molecule has 1 saturated heterocycles. The zero-order valence-corrected chi connectivity index (χ0v) is 20.2. The van der Waals surface area contributed by atoms with Crippen LogP contribution in [-0.2, 0) is 9.53 Å². The van der Waals surface area contributed by atoms with E-state index in [1.54, 1.807) is 17.0 Å². The minimum Gasteiger partial charge on any atom is -0.490 e. The lowest BCUT2D eigenvalue weighted by Gasteiger charge is -2.27. The molecule has 2 heterocycles. The van der Waals surface area contributed by atoms with Crippen LogP contribution in [0.3, 0.4) is 0 Å². The third-order valence-corrected chi connectivity index (χ3v) is 6.71. The minimum absolute atomic E-state index is 0.0999. The van der Waals surface area contributed by atoms with Crippen molar-refractivity contribution in [2.75, 3.05) is 44.8 Å². The van der Waals surface area contributed by atoms with Gasteiger partial charge in [0.1, 0.15) is 5.00 Å². The average molecular weight is 481 g/mol. The molecule has 1 aliphatic heterocycles. The molecule has 0 saturated carbocycles. The zero-order valence-electron chi connectivity index (χ0n) is 19.3. The van der Waals surface area contributed by atoms with Gasteiger partial charge in [0.05, 0.1) is 25.4 Å². The van der Waals surface area contributed by atoms with Crippen LogP contribution in [-0.4, -0.2) is 56.2 Å². The Labute approximate surface area is 203 Å². The summed E-state index contributed by atoms with van der Waals surface area (Å²) < 4.78 is 16.7. The molecule has 8 heteroatoms. The molecule has 1 aromatic heterocycles. The van der Waals surface area contributed by atoms with Gasteiger partial charge in [0.2, 0.25) is 0 Å². The quantitative estimate of drug-likeness (QED) is 0.509. The van der Waals surface area contributed by atoms with Crippen molar-refractivity contribution in [3.8, 4) is 21.9 Å². The van der Waals surface area contributed by atoms with E-state index in [0.29, 0.717) is 55.0 Å². The molecular formula is C26H28N2O5S. The highest BCUT2D eigenvalue weighted by atomic mass is 32.1. The van der Waals surface area contributed by atoms with E-state index in [-0.39, 0.29) is 18.4 Å². The summed E-state index contributed by atoms with van der Waals surface area (Å²) in [6, 6.07) is 17.1. The van der Waals surface area contributed by atoms with Crippen molar-refractivity contribution in [2.45, 2.75) is 13.8 Å². The largest absolute Gasteiger partial charge is 0.490 e. The number of rotatable bonds is 8. The van der Waals surface area contributed by atoms with Gasteiger partial charge in [0, 0.05) is 18.0 Å². The Hall–Kier alpha value is -3.36. The minimum atomic E-state index is -0.344. The second kappa shape index (κ2) is 11.2. The highest BCUT2D eigenvalue weighted by Gasteiger charge is 2.28. The molecule has 0 radical (unpaired) electrons. The standard InChI is InChI=1S/C26H28N2O5S/c1-3-32-20-11-7-8-12-21(20)33-17-22(29)27-25-23(26(30)28-13-15-31-16-14-28)18(2)24(34-25)19-9-5-4-6-10-19/h4-12H,3,13-17H2,1-2H3,(H,27,29). The van der Waals surface area contributed by atoms with Crippen LogP contribution in [0.15, 0.2) is 54.6 Å². The molecule has 1 aliphatic rings. The number of nitrogens with one attached hydrogen (secondary N) is 1. The molecule has 0 atom stereocenters. The highest BCUT2D eigenvalue weighted by molar-refractivity contribution is 7.20. The van der Waals surface area contributed by atoms with Gasteiger partial charge >= 0.3 is 0 Å². The van der Waals surface area contributed by atoms with Gasteiger partial charge in [-0.05, 0) is 37.1 Å². The Kier molecular flexibility index (Phi) is 7.82. The van der Waals surface area contributed by atoms with Crippen molar-refractivity contribution >= 4 is 28.2 Å². The van der Waals surface area contributed by atoms with Crippen LogP contribution in [0, 0.1) is 6.92 Å². The Morgan fingerprint density at radius 3 is 2.32 bits per heavy atom. The van der Waals surface area contributed by atoms with Crippen LogP contribution >= 0.6 is 11.3 Å². The first-order valence-corrected chi connectivity index (χ1v) is 12.1. The molecule has 2 amide bonds. The van der Waals surface area contributed by atoms with Crippen molar-refractivity contribution in [3.05, 3.63) is 65.7 Å². The molecule has 4 rings (SSSR count). The molecule has 7 nitrogen and oxygen atoms in total. The Morgan fingerprint density at radius 2 is 1.65 bits per heavy atom. The number of hydrogen-bond acceptors (Lipinski definition) is 6. The molecule has 34 heavy (non-hydrogen) atoms. The van der Waals surface area contributed by atoms with Crippen LogP contribution in [0.5, 0.6) is 11.5 Å². The van der Waals surface area contributed by atoms with Crippen molar-refractivity contribution in [1.82, 2.24) is 4.90 Å². The number of hydrogen-bond donors (Lipinski definition) is 1. The average Bonchev–Trinajstić information content (AvgIpc) is 3.19. The molecule has 1 N–H and O–H groups in total. The Morgan fingerprint density at radius 1 is 1.00 bits per heavy atom. The lowest BCUT2D eigenvalue weighted by Crippen LogP contribution is -2.41. The summed E-state index contributed by atoms with van der Waals surface area (Å²) in [6.07, 6.45) is 0. The molecule has 3 aromatic rings. The van der Waals surface area contributed by atoms with Crippen LogP contribution < -0.4 is 14.8 Å². The first kappa shape index (κ1) is 23.8. The van der Waals surface area contributed by atoms with Gasteiger partial charge in [0.15, 0.2) is 18.1 Å². The predicted molar refractivity (Wildman–Crippen MR) is 133 cm³/mol. The lowest BCUT2D eigenvalue weighted by molar-refractivity contribution is -0.118. The predicted octanol–water partition coefficient (Wildman–Crippen LogP) is 4.61. The molecule has 178 valence electrons. The number of benzene rings is 2. The maximum absolute atomic E-state index is 13.4. The maximum atomic E-state index is 13.4. The van der Waals surface area contributed by atoms with Crippen molar-refractivity contribution in [2.24, 2.45) is 0 Å². The number of ether oxygens (including phenoxy) is 3. The van der Waals surface area contributed by atoms with Gasteiger partial charge in [-0.2, -0.15) is 0 Å². The zero-order chi connectivity index (χ0) is 23.9. The number of anilines is 1. The monoisotopic (exact) mass is 480 g/mol. The molecule has 2 aromatic carbocycles. The molecule has 0 bridgehead atoms. The first-order valence-electron chi connectivity index (χ1n) is 11.3.